The number of hydrogen-bond acceptors (Lipinski definition) is 6. The summed E-state index contributed by atoms with van der Waals surface area (Å²) in [6, 6.07) is 12.0. The first-order chi connectivity index (χ1) is 16.8. The van der Waals surface area contributed by atoms with Crippen LogP contribution in [0.2, 0.25) is 0 Å². The second kappa shape index (κ2) is 11.0. The largest absolute Gasteiger partial charge is 0.486 e. The van der Waals surface area contributed by atoms with Crippen molar-refractivity contribution in [2.45, 2.75) is 32.1 Å². The van der Waals surface area contributed by atoms with Gasteiger partial charge in [0.1, 0.15) is 13.2 Å². The Morgan fingerprint density at radius 2 is 1.71 bits per heavy atom. The van der Waals surface area contributed by atoms with Gasteiger partial charge in [0, 0.05) is 32.1 Å². The molecule has 2 aromatic carbocycles. The van der Waals surface area contributed by atoms with Gasteiger partial charge in [-0.2, -0.15) is 0 Å². The van der Waals surface area contributed by atoms with Crippen molar-refractivity contribution in [3.8, 4) is 11.5 Å². The lowest BCUT2D eigenvalue weighted by molar-refractivity contribution is -0.116. The molecule has 0 saturated carbocycles. The first-order valence-electron chi connectivity index (χ1n) is 11.9. The minimum absolute atomic E-state index is 0.0811. The van der Waals surface area contributed by atoms with Gasteiger partial charge >= 0.3 is 0 Å². The summed E-state index contributed by atoms with van der Waals surface area (Å²) in [5.74, 6) is 0.711. The minimum Gasteiger partial charge on any atom is -0.486 e. The maximum absolute atomic E-state index is 13.0. The fourth-order valence-electron chi connectivity index (χ4n) is 4.32. The fourth-order valence-corrected chi connectivity index (χ4v) is 5.27. The number of hydrogen-bond donors (Lipinski definition) is 1. The Bertz CT molecular complexity index is 1180. The number of amides is 2. The molecule has 2 aromatic rings. The Kier molecular flexibility index (Phi) is 7.80. The Labute approximate surface area is 206 Å². The number of piperidine rings is 1. The summed E-state index contributed by atoms with van der Waals surface area (Å²) in [5.41, 5.74) is 1.39. The molecule has 1 fully saturated rings. The lowest BCUT2D eigenvalue weighted by Crippen LogP contribution is -2.36. The Morgan fingerprint density at radius 1 is 1.00 bits per heavy atom. The second-order valence-electron chi connectivity index (χ2n) is 8.71. The molecule has 2 amide bonds. The van der Waals surface area contributed by atoms with Crippen LogP contribution in [0.5, 0.6) is 11.5 Å². The van der Waals surface area contributed by atoms with E-state index in [-0.39, 0.29) is 24.8 Å². The summed E-state index contributed by atoms with van der Waals surface area (Å²) >= 11 is 0. The molecule has 188 valence electrons. The number of benzene rings is 2. The third-order valence-electron chi connectivity index (χ3n) is 6.05. The quantitative estimate of drug-likeness (QED) is 0.595. The van der Waals surface area contributed by atoms with E-state index < -0.39 is 10.0 Å². The SMILES string of the molecule is CS(=O)(=O)N(CCCC(=O)Nc1ccccc1C(=O)N1CCCCC1)c1ccc2c(c1)OCCO2. The molecule has 0 aliphatic carbocycles. The average Bonchev–Trinajstić information content (AvgIpc) is 2.86. The lowest BCUT2D eigenvalue weighted by atomic mass is 10.1. The van der Waals surface area contributed by atoms with Crippen LogP contribution in [-0.4, -0.2) is 64.2 Å². The molecule has 0 bridgehead atoms. The summed E-state index contributed by atoms with van der Waals surface area (Å²) in [5, 5.41) is 2.83. The molecule has 1 N–H and O–H groups in total. The molecule has 0 aromatic heterocycles. The Morgan fingerprint density at radius 3 is 2.46 bits per heavy atom. The van der Waals surface area contributed by atoms with Crippen molar-refractivity contribution in [2.24, 2.45) is 0 Å². The highest BCUT2D eigenvalue weighted by Crippen LogP contribution is 2.34. The molecule has 0 spiro atoms. The molecule has 2 aliphatic heterocycles. The molecule has 2 aliphatic rings. The van der Waals surface area contributed by atoms with Crippen LogP contribution >= 0.6 is 0 Å². The number of ether oxygens (including phenoxy) is 2. The van der Waals surface area contributed by atoms with Gasteiger partial charge in [0.05, 0.1) is 23.2 Å². The first kappa shape index (κ1) is 24.8. The third-order valence-corrected chi connectivity index (χ3v) is 7.25. The molecule has 10 heteroatoms. The molecule has 9 nitrogen and oxygen atoms in total. The van der Waals surface area contributed by atoms with Crippen LogP contribution in [0.15, 0.2) is 42.5 Å². The number of likely N-dealkylation sites (tertiary alicyclic amines) is 1. The molecule has 1 saturated heterocycles. The molecule has 0 atom stereocenters. The van der Waals surface area contributed by atoms with Crippen LogP contribution < -0.4 is 19.1 Å². The summed E-state index contributed by atoms with van der Waals surface area (Å²) < 4.78 is 37.2. The van der Waals surface area contributed by atoms with E-state index in [1.54, 1.807) is 42.5 Å². The fraction of sp³-hybridized carbons (Fsp3) is 0.440. The topological polar surface area (TPSA) is 105 Å². The molecule has 2 heterocycles. The van der Waals surface area contributed by atoms with Gasteiger partial charge in [-0.25, -0.2) is 8.42 Å². The predicted molar refractivity (Wildman–Crippen MR) is 134 cm³/mol. The van der Waals surface area contributed by atoms with Crippen LogP contribution in [-0.2, 0) is 14.8 Å². The van der Waals surface area contributed by atoms with E-state index in [1.165, 1.54) is 4.31 Å². The van der Waals surface area contributed by atoms with E-state index in [9.17, 15) is 18.0 Å². The van der Waals surface area contributed by atoms with E-state index in [0.29, 0.717) is 48.1 Å². The van der Waals surface area contributed by atoms with Gasteiger partial charge in [-0.1, -0.05) is 12.1 Å². The van der Waals surface area contributed by atoms with Gasteiger partial charge in [0.25, 0.3) is 5.91 Å². The molecular weight excluding hydrogens is 470 g/mol. The maximum atomic E-state index is 13.0. The molecule has 35 heavy (non-hydrogen) atoms. The summed E-state index contributed by atoms with van der Waals surface area (Å²) in [6.07, 6.45) is 4.63. The van der Waals surface area contributed by atoms with Gasteiger partial charge < -0.3 is 19.7 Å². The van der Waals surface area contributed by atoms with Crippen LogP contribution in [0.4, 0.5) is 11.4 Å². The van der Waals surface area contributed by atoms with E-state index in [1.807, 2.05) is 4.90 Å². The van der Waals surface area contributed by atoms with Crippen LogP contribution in [0.25, 0.3) is 0 Å². The lowest BCUT2D eigenvalue weighted by Gasteiger charge is -2.27. The summed E-state index contributed by atoms with van der Waals surface area (Å²) in [7, 11) is -3.58. The zero-order chi connectivity index (χ0) is 24.8. The zero-order valence-corrected chi connectivity index (χ0v) is 20.7. The summed E-state index contributed by atoms with van der Waals surface area (Å²) in [6.45, 7) is 2.42. The van der Waals surface area contributed by atoms with Crippen molar-refractivity contribution in [1.82, 2.24) is 4.90 Å². The van der Waals surface area contributed by atoms with Crippen molar-refractivity contribution in [1.29, 1.82) is 0 Å². The van der Waals surface area contributed by atoms with E-state index in [2.05, 4.69) is 5.32 Å². The number of carbonyl (C=O) groups is 2. The highest BCUT2D eigenvalue weighted by Gasteiger charge is 2.23. The number of sulfonamides is 1. The number of anilines is 2. The second-order valence-corrected chi connectivity index (χ2v) is 10.6. The minimum atomic E-state index is -3.58. The highest BCUT2D eigenvalue weighted by atomic mass is 32.2. The molecule has 4 rings (SSSR count). The number of carbonyl (C=O) groups excluding carboxylic acids is 2. The number of nitrogens with one attached hydrogen (secondary N) is 1. The van der Waals surface area contributed by atoms with Crippen molar-refractivity contribution >= 4 is 33.2 Å². The number of rotatable bonds is 8. The van der Waals surface area contributed by atoms with E-state index in [4.69, 9.17) is 9.47 Å². The third kappa shape index (κ3) is 6.25. The van der Waals surface area contributed by atoms with E-state index >= 15 is 0 Å². The molecule has 0 unspecified atom stereocenters. The maximum Gasteiger partial charge on any atom is 0.255 e. The van der Waals surface area contributed by atoms with Crippen molar-refractivity contribution in [3.05, 3.63) is 48.0 Å². The molecular formula is C25H31N3O6S. The standard InChI is InChI=1S/C25H31N3O6S/c1-35(31,32)28(19-11-12-22-23(18-19)34-17-16-33-22)15-7-10-24(29)26-21-9-4-3-8-20(21)25(30)27-13-5-2-6-14-27/h3-4,8-9,11-12,18H,2,5-7,10,13-17H2,1H3,(H,26,29). The van der Waals surface area contributed by atoms with Crippen molar-refractivity contribution < 1.29 is 27.5 Å². The van der Waals surface area contributed by atoms with Gasteiger partial charge in [-0.3, -0.25) is 13.9 Å². The van der Waals surface area contributed by atoms with Crippen molar-refractivity contribution in [2.75, 3.05) is 48.7 Å². The van der Waals surface area contributed by atoms with Crippen LogP contribution in [0.1, 0.15) is 42.5 Å². The smallest absolute Gasteiger partial charge is 0.255 e. The molecule has 0 radical (unpaired) electrons. The van der Waals surface area contributed by atoms with Crippen LogP contribution in [0, 0.1) is 0 Å². The van der Waals surface area contributed by atoms with E-state index in [0.717, 1.165) is 38.6 Å². The zero-order valence-electron chi connectivity index (χ0n) is 19.9. The number of para-hydroxylation sites is 1. The van der Waals surface area contributed by atoms with Gasteiger partial charge in [0.2, 0.25) is 15.9 Å². The number of nitrogens with zero attached hydrogens (tertiary/aromatic N) is 2. The Hall–Kier alpha value is -3.27. The van der Waals surface area contributed by atoms with Crippen molar-refractivity contribution in [3.63, 3.8) is 0 Å². The number of fused-ring (bicyclic) bond motifs is 1. The normalized spacial score (nSPS) is 15.4. The summed E-state index contributed by atoms with van der Waals surface area (Å²) in [4.78, 5) is 27.5. The van der Waals surface area contributed by atoms with Gasteiger partial charge in [0.15, 0.2) is 11.5 Å². The Balaban J connectivity index is 1.38. The predicted octanol–water partition coefficient (Wildman–Crippen LogP) is 3.27. The highest BCUT2D eigenvalue weighted by molar-refractivity contribution is 7.92. The average molecular weight is 502 g/mol. The monoisotopic (exact) mass is 501 g/mol. The van der Waals surface area contributed by atoms with Crippen LogP contribution in [0.3, 0.4) is 0 Å². The first-order valence-corrected chi connectivity index (χ1v) is 13.7. The van der Waals surface area contributed by atoms with Gasteiger partial charge in [-0.15, -0.1) is 0 Å². The van der Waals surface area contributed by atoms with Gasteiger partial charge in [-0.05, 0) is 49.9 Å².